The fraction of sp³-hybridized carbons (Fsp3) is 0.471. The second-order valence-electron chi connectivity index (χ2n) is 5.31. The first-order valence-corrected chi connectivity index (χ1v) is 8.30. The summed E-state index contributed by atoms with van der Waals surface area (Å²) in [7, 11) is 1.92. The quantitative estimate of drug-likeness (QED) is 0.571. The molecule has 0 saturated carbocycles. The van der Waals surface area contributed by atoms with E-state index in [1.54, 1.807) is 12.4 Å². The average molecular weight is 330 g/mol. The Labute approximate surface area is 143 Å². The molecule has 2 rings (SSSR count). The monoisotopic (exact) mass is 330 g/mol. The number of aryl methyl sites for hydroxylation is 1. The third-order valence-electron chi connectivity index (χ3n) is 3.40. The van der Waals surface area contributed by atoms with Gasteiger partial charge in [0.2, 0.25) is 5.88 Å². The largest absolute Gasteiger partial charge is 0.477 e. The van der Waals surface area contributed by atoms with Crippen LogP contribution in [0.4, 0.5) is 0 Å². The third-order valence-corrected chi connectivity index (χ3v) is 3.40. The molecule has 0 bridgehead atoms. The van der Waals surface area contributed by atoms with Crippen molar-refractivity contribution in [1.82, 2.24) is 25.4 Å². The highest BCUT2D eigenvalue weighted by Gasteiger charge is 2.05. The summed E-state index contributed by atoms with van der Waals surface area (Å²) in [5.74, 6) is 1.41. The summed E-state index contributed by atoms with van der Waals surface area (Å²) in [6, 6.07) is 5.88. The maximum Gasteiger partial charge on any atom is 0.218 e. The van der Waals surface area contributed by atoms with Gasteiger partial charge < -0.3 is 15.4 Å². The number of guanidine groups is 1. The van der Waals surface area contributed by atoms with Crippen LogP contribution in [-0.4, -0.2) is 33.9 Å². The van der Waals surface area contributed by atoms with Gasteiger partial charge in [-0.1, -0.05) is 13.0 Å². The van der Waals surface area contributed by atoms with Crippen molar-refractivity contribution in [2.45, 2.75) is 33.4 Å². The highest BCUT2D eigenvalue weighted by Crippen LogP contribution is 2.15. The van der Waals surface area contributed by atoms with Crippen LogP contribution >= 0.6 is 0 Å². The lowest BCUT2D eigenvalue weighted by Crippen LogP contribution is -2.37. The molecule has 0 aliphatic carbocycles. The predicted octanol–water partition coefficient (Wildman–Crippen LogP) is 1.86. The minimum atomic E-state index is 0.508. The van der Waals surface area contributed by atoms with Crippen LogP contribution in [0.25, 0.3) is 0 Å². The van der Waals surface area contributed by atoms with Gasteiger partial charge in [-0.15, -0.1) is 0 Å². The normalized spacial score (nSPS) is 11.4. The second-order valence-corrected chi connectivity index (χ2v) is 5.31. The standard InChI is InChI=1S/C17H26N6O/c1-4-11-24-16-14(7-6-9-19-16)12-20-17(18-5-2)21-13-15-8-10-22-23(15)3/h6-10H,4-5,11-13H2,1-3H3,(H2,18,20,21). The Hall–Kier alpha value is -2.57. The van der Waals surface area contributed by atoms with Gasteiger partial charge in [0.1, 0.15) is 0 Å². The topological polar surface area (TPSA) is 76.4 Å². The molecule has 0 amide bonds. The maximum absolute atomic E-state index is 5.68. The van der Waals surface area contributed by atoms with Crippen LogP contribution in [0.3, 0.4) is 0 Å². The molecular weight excluding hydrogens is 304 g/mol. The molecule has 0 unspecified atom stereocenters. The Kier molecular flexibility index (Phi) is 7.07. The fourth-order valence-corrected chi connectivity index (χ4v) is 2.13. The lowest BCUT2D eigenvalue weighted by molar-refractivity contribution is 0.302. The van der Waals surface area contributed by atoms with Gasteiger partial charge in [0, 0.05) is 31.5 Å². The molecule has 2 aromatic heterocycles. The van der Waals surface area contributed by atoms with Crippen molar-refractivity contribution in [2.75, 3.05) is 13.2 Å². The van der Waals surface area contributed by atoms with Crippen molar-refractivity contribution >= 4 is 5.96 Å². The van der Waals surface area contributed by atoms with E-state index >= 15 is 0 Å². The Morgan fingerprint density at radius 2 is 2.12 bits per heavy atom. The van der Waals surface area contributed by atoms with Gasteiger partial charge in [-0.05, 0) is 25.5 Å². The highest BCUT2D eigenvalue weighted by atomic mass is 16.5. The molecule has 0 saturated heterocycles. The zero-order valence-electron chi connectivity index (χ0n) is 14.6. The summed E-state index contributed by atoms with van der Waals surface area (Å²) in [4.78, 5) is 8.92. The molecule has 0 fully saturated rings. The van der Waals surface area contributed by atoms with E-state index in [4.69, 9.17) is 4.74 Å². The molecule has 2 heterocycles. The van der Waals surface area contributed by atoms with Gasteiger partial charge in [0.05, 0.1) is 25.4 Å². The Balaban J connectivity index is 2.01. The molecule has 0 radical (unpaired) electrons. The van der Waals surface area contributed by atoms with Gasteiger partial charge in [0.25, 0.3) is 0 Å². The van der Waals surface area contributed by atoms with Crippen LogP contribution in [0.5, 0.6) is 5.88 Å². The van der Waals surface area contributed by atoms with Crippen LogP contribution < -0.4 is 15.4 Å². The summed E-state index contributed by atoms with van der Waals surface area (Å²) < 4.78 is 7.52. The van der Waals surface area contributed by atoms with Crippen LogP contribution in [0.1, 0.15) is 31.5 Å². The number of pyridine rings is 1. The minimum Gasteiger partial charge on any atom is -0.477 e. The molecule has 2 aromatic rings. The summed E-state index contributed by atoms with van der Waals surface area (Å²) in [6.07, 6.45) is 4.48. The minimum absolute atomic E-state index is 0.508. The van der Waals surface area contributed by atoms with Gasteiger partial charge >= 0.3 is 0 Å². The lowest BCUT2D eigenvalue weighted by atomic mass is 10.3. The lowest BCUT2D eigenvalue weighted by Gasteiger charge is -2.12. The van der Waals surface area contributed by atoms with E-state index in [1.807, 2.05) is 36.9 Å². The molecule has 7 heteroatoms. The molecule has 7 nitrogen and oxygen atoms in total. The van der Waals surface area contributed by atoms with E-state index in [1.165, 1.54) is 0 Å². The van der Waals surface area contributed by atoms with Crippen molar-refractivity contribution in [2.24, 2.45) is 12.0 Å². The van der Waals surface area contributed by atoms with E-state index in [-0.39, 0.29) is 0 Å². The van der Waals surface area contributed by atoms with Crippen molar-refractivity contribution in [3.63, 3.8) is 0 Å². The highest BCUT2D eigenvalue weighted by molar-refractivity contribution is 5.79. The summed E-state index contributed by atoms with van der Waals surface area (Å²) in [5.41, 5.74) is 2.07. The van der Waals surface area contributed by atoms with E-state index < -0.39 is 0 Å². The van der Waals surface area contributed by atoms with Crippen molar-refractivity contribution in [1.29, 1.82) is 0 Å². The first-order valence-electron chi connectivity index (χ1n) is 8.30. The van der Waals surface area contributed by atoms with Gasteiger partial charge in [-0.3, -0.25) is 4.68 Å². The van der Waals surface area contributed by atoms with Crippen LogP contribution in [0, 0.1) is 0 Å². The number of aliphatic imine (C=N–C) groups is 1. The summed E-state index contributed by atoms with van der Waals surface area (Å²) in [5, 5.41) is 10.7. The number of ether oxygens (including phenoxy) is 1. The number of nitrogens with one attached hydrogen (secondary N) is 2. The molecule has 0 atom stereocenters. The van der Waals surface area contributed by atoms with E-state index in [0.29, 0.717) is 25.6 Å². The van der Waals surface area contributed by atoms with Crippen molar-refractivity contribution in [3.8, 4) is 5.88 Å². The smallest absolute Gasteiger partial charge is 0.218 e. The second kappa shape index (κ2) is 9.54. The molecule has 0 spiro atoms. The van der Waals surface area contributed by atoms with Crippen molar-refractivity contribution in [3.05, 3.63) is 41.9 Å². The Bertz CT molecular complexity index is 652. The SMILES string of the molecule is CCCOc1ncccc1CN=C(NCC)NCc1ccnn1C. The van der Waals surface area contributed by atoms with Gasteiger partial charge in [-0.25, -0.2) is 9.98 Å². The molecule has 0 aromatic carbocycles. The zero-order valence-corrected chi connectivity index (χ0v) is 14.6. The van der Waals surface area contributed by atoms with E-state index in [2.05, 4.69) is 32.6 Å². The van der Waals surface area contributed by atoms with Gasteiger partial charge in [0.15, 0.2) is 5.96 Å². The predicted molar refractivity (Wildman–Crippen MR) is 94.9 cm³/mol. The molecular formula is C17H26N6O. The van der Waals surface area contributed by atoms with Gasteiger partial charge in [-0.2, -0.15) is 5.10 Å². The van der Waals surface area contributed by atoms with Crippen molar-refractivity contribution < 1.29 is 4.74 Å². The summed E-state index contributed by atoms with van der Waals surface area (Å²) >= 11 is 0. The molecule has 0 aliphatic rings. The summed E-state index contributed by atoms with van der Waals surface area (Å²) in [6.45, 7) is 6.74. The number of hydrogen-bond acceptors (Lipinski definition) is 4. The van der Waals surface area contributed by atoms with E-state index in [0.717, 1.165) is 30.2 Å². The van der Waals surface area contributed by atoms with E-state index in [9.17, 15) is 0 Å². The molecule has 130 valence electrons. The molecule has 0 aliphatic heterocycles. The van der Waals surface area contributed by atoms with Crippen LogP contribution in [0.2, 0.25) is 0 Å². The number of aromatic nitrogens is 3. The van der Waals surface area contributed by atoms with Crippen LogP contribution in [0.15, 0.2) is 35.6 Å². The fourth-order valence-electron chi connectivity index (χ4n) is 2.13. The maximum atomic E-state index is 5.68. The molecule has 24 heavy (non-hydrogen) atoms. The number of nitrogens with zero attached hydrogens (tertiary/aromatic N) is 4. The zero-order chi connectivity index (χ0) is 17.2. The first kappa shape index (κ1) is 17.8. The number of hydrogen-bond donors (Lipinski definition) is 2. The average Bonchev–Trinajstić information content (AvgIpc) is 3.01. The third kappa shape index (κ3) is 5.26. The first-order chi connectivity index (χ1) is 11.7. The Morgan fingerprint density at radius 1 is 1.25 bits per heavy atom. The Morgan fingerprint density at radius 3 is 2.83 bits per heavy atom. The van der Waals surface area contributed by atoms with Crippen LogP contribution in [-0.2, 0) is 20.1 Å². The number of rotatable bonds is 8. The molecule has 2 N–H and O–H groups in total.